The van der Waals surface area contributed by atoms with E-state index in [0.717, 1.165) is 16.7 Å². The topological polar surface area (TPSA) is 140 Å². The zero-order valence-electron chi connectivity index (χ0n) is 22.4. The van der Waals surface area contributed by atoms with Gasteiger partial charge in [0.2, 0.25) is 0 Å². The number of alkyl halides is 6. The van der Waals surface area contributed by atoms with Gasteiger partial charge in [-0.25, -0.2) is 14.5 Å². The number of nitriles is 1. The summed E-state index contributed by atoms with van der Waals surface area (Å²) in [5, 5.41) is 19.4. The SMILES string of the molecule is CC1(C)C(=O)N(c2ccc(C#N)c(C(F)(F)F)c2)C(=O)N1Cc1ccccc1Nc1ccc(N)cc1.O=C(O)C(F)(F)F. The van der Waals surface area contributed by atoms with Crippen LogP contribution in [0, 0.1) is 11.3 Å². The van der Waals surface area contributed by atoms with Gasteiger partial charge >= 0.3 is 24.4 Å². The molecule has 4 N–H and O–H groups in total. The standard InChI is InChI=1S/C26H22F3N5O2.C2HF3O2/c1-25(2)23(35)34(20-12-7-16(14-30)21(13-20)26(27,28)29)24(36)33(25)15-17-5-3-4-6-22(17)32-19-10-8-18(31)9-11-19;3-2(4,5)1(6)7/h3-13,32H,15,31H2,1-2H3;(H,6,7). The van der Waals surface area contributed by atoms with Crippen LogP contribution < -0.4 is 16.0 Å². The van der Waals surface area contributed by atoms with Crippen LogP contribution in [0.2, 0.25) is 0 Å². The third kappa shape index (κ3) is 7.15. The lowest BCUT2D eigenvalue weighted by atomic mass is 10.0. The molecule has 0 radical (unpaired) electrons. The number of anilines is 4. The molecule has 43 heavy (non-hydrogen) atoms. The van der Waals surface area contributed by atoms with E-state index in [4.69, 9.17) is 20.9 Å². The summed E-state index contributed by atoms with van der Waals surface area (Å²) in [6, 6.07) is 17.8. The van der Waals surface area contributed by atoms with Gasteiger partial charge in [0.1, 0.15) is 5.54 Å². The van der Waals surface area contributed by atoms with Crippen LogP contribution in [0.4, 0.5) is 53.9 Å². The van der Waals surface area contributed by atoms with E-state index >= 15 is 0 Å². The van der Waals surface area contributed by atoms with Gasteiger partial charge in [0, 0.05) is 17.1 Å². The van der Waals surface area contributed by atoms with Gasteiger partial charge in [-0.2, -0.15) is 31.6 Å². The van der Waals surface area contributed by atoms with Gasteiger partial charge in [-0.1, -0.05) is 18.2 Å². The number of carboxylic acid groups (broad SMARTS) is 1. The average molecular weight is 608 g/mol. The molecule has 0 aliphatic carbocycles. The highest BCUT2D eigenvalue weighted by atomic mass is 19.4. The van der Waals surface area contributed by atoms with Crippen molar-refractivity contribution in [2.45, 2.75) is 38.3 Å². The molecule has 1 saturated heterocycles. The number of para-hydroxylation sites is 1. The number of hydrogen-bond donors (Lipinski definition) is 3. The maximum atomic E-state index is 13.5. The zero-order valence-corrected chi connectivity index (χ0v) is 22.4. The summed E-state index contributed by atoms with van der Waals surface area (Å²) in [6.45, 7) is 3.10. The van der Waals surface area contributed by atoms with E-state index in [0.29, 0.717) is 23.0 Å². The van der Waals surface area contributed by atoms with Crippen molar-refractivity contribution in [1.29, 1.82) is 5.26 Å². The van der Waals surface area contributed by atoms with Gasteiger partial charge in [-0.15, -0.1) is 0 Å². The number of aliphatic carboxylic acids is 1. The van der Waals surface area contributed by atoms with Crippen LogP contribution >= 0.6 is 0 Å². The first-order chi connectivity index (χ1) is 19.9. The normalized spacial score (nSPS) is 14.6. The molecule has 226 valence electrons. The number of carboxylic acids is 1. The quantitative estimate of drug-likeness (QED) is 0.176. The van der Waals surface area contributed by atoms with Crippen LogP contribution in [0.1, 0.15) is 30.5 Å². The Labute approximate surface area is 240 Å². The molecule has 1 heterocycles. The maximum absolute atomic E-state index is 13.5. The second kappa shape index (κ2) is 11.9. The number of carbonyl (C=O) groups excluding carboxylic acids is 2. The van der Waals surface area contributed by atoms with Crippen LogP contribution in [0.3, 0.4) is 0 Å². The molecule has 1 aliphatic heterocycles. The Bertz CT molecular complexity index is 1580. The Hall–Kier alpha value is -5.26. The molecule has 4 rings (SSSR count). The summed E-state index contributed by atoms with van der Waals surface area (Å²) in [7, 11) is 0. The molecule has 3 amide bonds. The molecule has 1 fully saturated rings. The fourth-order valence-electron chi connectivity index (χ4n) is 4.00. The lowest BCUT2D eigenvalue weighted by Crippen LogP contribution is -2.43. The van der Waals surface area contributed by atoms with Crippen molar-refractivity contribution in [3.63, 3.8) is 0 Å². The minimum atomic E-state index is -5.08. The monoisotopic (exact) mass is 607 g/mol. The van der Waals surface area contributed by atoms with Gasteiger partial charge in [0.05, 0.1) is 29.4 Å². The highest BCUT2D eigenvalue weighted by molar-refractivity contribution is 6.23. The highest BCUT2D eigenvalue weighted by Gasteiger charge is 2.52. The lowest BCUT2D eigenvalue weighted by molar-refractivity contribution is -0.192. The van der Waals surface area contributed by atoms with Crippen molar-refractivity contribution in [2.24, 2.45) is 0 Å². The van der Waals surface area contributed by atoms with E-state index < -0.39 is 46.9 Å². The summed E-state index contributed by atoms with van der Waals surface area (Å²) < 4.78 is 72.2. The summed E-state index contributed by atoms with van der Waals surface area (Å²) in [5.41, 5.74) is 5.10. The van der Waals surface area contributed by atoms with Crippen molar-refractivity contribution >= 4 is 40.7 Å². The Kier molecular flexibility index (Phi) is 8.94. The first-order valence-corrected chi connectivity index (χ1v) is 12.2. The fourth-order valence-corrected chi connectivity index (χ4v) is 4.00. The summed E-state index contributed by atoms with van der Waals surface area (Å²) in [5.74, 6) is -3.43. The molecule has 3 aromatic carbocycles. The molecule has 0 aromatic heterocycles. The van der Waals surface area contributed by atoms with Gasteiger partial charge in [0.25, 0.3) is 5.91 Å². The van der Waals surface area contributed by atoms with Crippen molar-refractivity contribution in [3.8, 4) is 6.07 Å². The maximum Gasteiger partial charge on any atom is 0.490 e. The number of nitrogens with zero attached hydrogens (tertiary/aromatic N) is 3. The molecule has 9 nitrogen and oxygen atoms in total. The minimum absolute atomic E-state index is 0.0224. The molecule has 0 spiro atoms. The highest BCUT2D eigenvalue weighted by Crippen LogP contribution is 2.38. The molecule has 1 aliphatic rings. The van der Waals surface area contributed by atoms with Gasteiger partial charge < -0.3 is 21.1 Å². The molecular weight excluding hydrogens is 584 g/mol. The third-order valence-electron chi connectivity index (χ3n) is 6.29. The largest absolute Gasteiger partial charge is 0.490 e. The zero-order chi connectivity index (χ0) is 32.3. The van der Waals surface area contributed by atoms with E-state index in [2.05, 4.69) is 5.32 Å². The number of rotatable bonds is 5. The van der Waals surface area contributed by atoms with Crippen LogP contribution in [-0.2, 0) is 22.3 Å². The summed E-state index contributed by atoms with van der Waals surface area (Å²) >= 11 is 0. The van der Waals surface area contributed by atoms with Crippen molar-refractivity contribution in [3.05, 3.63) is 83.4 Å². The number of hydrogen-bond acceptors (Lipinski definition) is 6. The second-order valence-electron chi connectivity index (χ2n) is 9.61. The van der Waals surface area contributed by atoms with Crippen molar-refractivity contribution in [2.75, 3.05) is 16.0 Å². The average Bonchev–Trinajstić information content (AvgIpc) is 3.09. The van der Waals surface area contributed by atoms with Crippen molar-refractivity contribution < 1.29 is 45.8 Å². The first kappa shape index (κ1) is 32.3. The minimum Gasteiger partial charge on any atom is -0.475 e. The number of halogens is 6. The van der Waals surface area contributed by atoms with Crippen LogP contribution in [0.25, 0.3) is 0 Å². The molecule has 0 bridgehead atoms. The van der Waals surface area contributed by atoms with E-state index in [1.165, 1.54) is 30.9 Å². The van der Waals surface area contributed by atoms with E-state index in [9.17, 15) is 35.9 Å². The number of carbonyl (C=O) groups is 3. The number of urea groups is 1. The number of nitrogen functional groups attached to an aromatic ring is 1. The van der Waals surface area contributed by atoms with Gasteiger partial charge in [-0.05, 0) is 67.9 Å². The Balaban J connectivity index is 0.000000646. The number of benzene rings is 3. The van der Waals surface area contributed by atoms with Crippen molar-refractivity contribution in [1.82, 2.24) is 4.90 Å². The third-order valence-corrected chi connectivity index (χ3v) is 6.29. The number of imide groups is 1. The first-order valence-electron chi connectivity index (χ1n) is 12.2. The van der Waals surface area contributed by atoms with Crippen LogP contribution in [0.5, 0.6) is 0 Å². The van der Waals surface area contributed by atoms with Crippen LogP contribution in [0.15, 0.2) is 66.7 Å². The summed E-state index contributed by atoms with van der Waals surface area (Å²) in [4.78, 5) is 37.6. The second-order valence-corrected chi connectivity index (χ2v) is 9.61. The Morgan fingerprint density at radius 1 is 1.00 bits per heavy atom. The van der Waals surface area contributed by atoms with Crippen LogP contribution in [-0.4, -0.2) is 39.6 Å². The predicted octanol–water partition coefficient (Wildman–Crippen LogP) is 6.28. The smallest absolute Gasteiger partial charge is 0.475 e. The van der Waals surface area contributed by atoms with E-state index in [1.54, 1.807) is 36.4 Å². The van der Waals surface area contributed by atoms with E-state index in [-0.39, 0.29) is 12.2 Å². The van der Waals surface area contributed by atoms with Gasteiger partial charge in [0.15, 0.2) is 0 Å². The predicted molar refractivity (Wildman–Crippen MR) is 143 cm³/mol. The molecule has 0 atom stereocenters. The molecular formula is C28H23F6N5O4. The number of amides is 3. The van der Waals surface area contributed by atoms with E-state index in [1.807, 2.05) is 12.1 Å². The lowest BCUT2D eigenvalue weighted by Gasteiger charge is -2.28. The number of nitrogens with two attached hydrogens (primary N) is 1. The Morgan fingerprint density at radius 3 is 2.12 bits per heavy atom. The fraction of sp³-hybridized carbons (Fsp3) is 0.214. The summed E-state index contributed by atoms with van der Waals surface area (Å²) in [6.07, 6.45) is -9.91. The molecule has 15 heteroatoms. The molecule has 0 saturated carbocycles. The van der Waals surface area contributed by atoms with Gasteiger partial charge in [-0.3, -0.25) is 4.79 Å². The number of nitrogens with one attached hydrogen (secondary N) is 1. The molecule has 0 unspecified atom stereocenters. The molecule has 3 aromatic rings. The Morgan fingerprint density at radius 2 is 1.58 bits per heavy atom.